The topological polar surface area (TPSA) is 58.0 Å². The number of aryl methyl sites for hydroxylation is 1. The molecule has 24 heavy (non-hydrogen) atoms. The van der Waals surface area contributed by atoms with E-state index in [9.17, 15) is 0 Å². The summed E-state index contributed by atoms with van der Waals surface area (Å²) in [4.78, 5) is 18.3. The summed E-state index contributed by atoms with van der Waals surface area (Å²) in [5.41, 5.74) is 1.00. The lowest BCUT2D eigenvalue weighted by atomic mass is 10.2. The third kappa shape index (κ3) is 2.91. The summed E-state index contributed by atoms with van der Waals surface area (Å²) < 4.78 is 4.41. The van der Waals surface area contributed by atoms with Gasteiger partial charge in [0.2, 0.25) is 5.13 Å². The Morgan fingerprint density at radius 2 is 1.88 bits per heavy atom. The standard InChI is InChI=1S/C17H20N6S/c1-2-15-20-17(24-21-15)23-9-5-8-22(10-11-23)16-13-6-3-4-7-14(13)18-12-19-16/h3-4,6-7,12H,2,5,8-11H2,1H3. The van der Waals surface area contributed by atoms with Gasteiger partial charge in [0.1, 0.15) is 18.0 Å². The van der Waals surface area contributed by atoms with Crippen molar-refractivity contribution in [3.05, 3.63) is 36.4 Å². The van der Waals surface area contributed by atoms with Crippen LogP contribution in [0.4, 0.5) is 10.9 Å². The Balaban J connectivity index is 1.56. The minimum Gasteiger partial charge on any atom is -0.354 e. The zero-order chi connectivity index (χ0) is 16.4. The van der Waals surface area contributed by atoms with Gasteiger partial charge in [-0.15, -0.1) is 0 Å². The maximum atomic E-state index is 4.63. The van der Waals surface area contributed by atoms with Gasteiger partial charge in [0, 0.05) is 49.5 Å². The van der Waals surface area contributed by atoms with Crippen LogP contribution in [0.2, 0.25) is 0 Å². The van der Waals surface area contributed by atoms with E-state index in [-0.39, 0.29) is 0 Å². The number of nitrogens with zero attached hydrogens (tertiary/aromatic N) is 6. The molecule has 3 aromatic rings. The molecule has 1 fully saturated rings. The first kappa shape index (κ1) is 15.3. The molecule has 0 N–H and O–H groups in total. The van der Waals surface area contributed by atoms with Gasteiger partial charge in [-0.3, -0.25) is 0 Å². The lowest BCUT2D eigenvalue weighted by Crippen LogP contribution is -2.31. The molecule has 2 aromatic heterocycles. The van der Waals surface area contributed by atoms with Crippen LogP contribution in [0.5, 0.6) is 0 Å². The van der Waals surface area contributed by atoms with Crippen LogP contribution in [0.1, 0.15) is 19.2 Å². The van der Waals surface area contributed by atoms with Crippen LogP contribution >= 0.6 is 11.5 Å². The monoisotopic (exact) mass is 340 g/mol. The highest BCUT2D eigenvalue weighted by Gasteiger charge is 2.20. The molecule has 0 spiro atoms. The number of fused-ring (bicyclic) bond motifs is 1. The first-order valence-corrected chi connectivity index (χ1v) is 9.14. The largest absolute Gasteiger partial charge is 0.354 e. The lowest BCUT2D eigenvalue weighted by Gasteiger charge is -2.23. The molecule has 4 rings (SSSR count). The SMILES string of the molecule is CCc1nsc(N2CCCN(c3ncnc4ccccc34)CC2)n1. The minimum atomic E-state index is 0.892. The van der Waals surface area contributed by atoms with Gasteiger partial charge in [0.25, 0.3) is 0 Å². The maximum Gasteiger partial charge on any atom is 0.205 e. The Bertz CT molecular complexity index is 827. The van der Waals surface area contributed by atoms with Crippen molar-refractivity contribution in [2.24, 2.45) is 0 Å². The highest BCUT2D eigenvalue weighted by atomic mass is 32.1. The highest BCUT2D eigenvalue weighted by Crippen LogP contribution is 2.25. The van der Waals surface area contributed by atoms with Crippen molar-refractivity contribution in [1.82, 2.24) is 19.3 Å². The van der Waals surface area contributed by atoms with Crippen molar-refractivity contribution >= 4 is 33.4 Å². The van der Waals surface area contributed by atoms with E-state index in [1.54, 1.807) is 6.33 Å². The third-order valence-electron chi connectivity index (χ3n) is 4.36. The highest BCUT2D eigenvalue weighted by molar-refractivity contribution is 7.09. The Morgan fingerprint density at radius 3 is 2.75 bits per heavy atom. The Morgan fingerprint density at radius 1 is 1.04 bits per heavy atom. The van der Waals surface area contributed by atoms with Crippen LogP contribution in [-0.4, -0.2) is 45.5 Å². The summed E-state index contributed by atoms with van der Waals surface area (Å²) >= 11 is 1.51. The van der Waals surface area contributed by atoms with Crippen molar-refractivity contribution in [1.29, 1.82) is 0 Å². The molecule has 1 aromatic carbocycles. The molecular weight excluding hydrogens is 320 g/mol. The molecule has 7 heteroatoms. The lowest BCUT2D eigenvalue weighted by molar-refractivity contribution is 0.797. The van der Waals surface area contributed by atoms with Gasteiger partial charge in [-0.05, 0) is 18.6 Å². The number of para-hydroxylation sites is 1. The molecular formula is C17H20N6S. The van der Waals surface area contributed by atoms with Gasteiger partial charge in [0.05, 0.1) is 5.52 Å². The maximum absolute atomic E-state index is 4.63. The van der Waals surface area contributed by atoms with Crippen molar-refractivity contribution in [3.8, 4) is 0 Å². The second kappa shape index (κ2) is 6.68. The van der Waals surface area contributed by atoms with Crippen LogP contribution < -0.4 is 9.80 Å². The molecule has 0 atom stereocenters. The average Bonchev–Trinajstić information content (AvgIpc) is 2.98. The molecule has 0 bridgehead atoms. The Kier molecular flexibility index (Phi) is 4.25. The van der Waals surface area contributed by atoms with Crippen molar-refractivity contribution in [2.75, 3.05) is 36.0 Å². The summed E-state index contributed by atoms with van der Waals surface area (Å²) in [6.45, 7) is 5.98. The molecule has 1 aliphatic rings. The van der Waals surface area contributed by atoms with E-state index < -0.39 is 0 Å². The number of rotatable bonds is 3. The quantitative estimate of drug-likeness (QED) is 0.731. The van der Waals surface area contributed by atoms with Crippen LogP contribution in [0, 0.1) is 0 Å². The first-order chi connectivity index (χ1) is 11.8. The van der Waals surface area contributed by atoms with E-state index in [1.807, 2.05) is 18.2 Å². The Labute approximate surface area is 145 Å². The zero-order valence-corrected chi connectivity index (χ0v) is 14.5. The Hall–Kier alpha value is -2.28. The van der Waals surface area contributed by atoms with Gasteiger partial charge in [-0.2, -0.15) is 4.37 Å². The molecule has 6 nitrogen and oxygen atoms in total. The second-order valence-electron chi connectivity index (χ2n) is 5.89. The number of benzene rings is 1. The summed E-state index contributed by atoms with van der Waals surface area (Å²) in [7, 11) is 0. The fourth-order valence-electron chi connectivity index (χ4n) is 3.08. The number of aromatic nitrogens is 4. The van der Waals surface area contributed by atoms with E-state index in [1.165, 1.54) is 11.5 Å². The molecule has 0 amide bonds. The van der Waals surface area contributed by atoms with Gasteiger partial charge in [-0.1, -0.05) is 19.1 Å². The second-order valence-corrected chi connectivity index (χ2v) is 6.62. The normalized spacial score (nSPS) is 15.7. The van der Waals surface area contributed by atoms with E-state index in [0.29, 0.717) is 0 Å². The van der Waals surface area contributed by atoms with Crippen LogP contribution in [0.3, 0.4) is 0 Å². The molecule has 1 saturated heterocycles. The van der Waals surface area contributed by atoms with Gasteiger partial charge in [-0.25, -0.2) is 15.0 Å². The smallest absolute Gasteiger partial charge is 0.205 e. The van der Waals surface area contributed by atoms with Crippen molar-refractivity contribution in [3.63, 3.8) is 0 Å². The van der Waals surface area contributed by atoms with E-state index >= 15 is 0 Å². The van der Waals surface area contributed by atoms with Crippen LogP contribution in [-0.2, 0) is 6.42 Å². The predicted molar refractivity (Wildman–Crippen MR) is 97.9 cm³/mol. The fraction of sp³-hybridized carbons (Fsp3) is 0.412. The summed E-state index contributed by atoms with van der Waals surface area (Å²) in [6, 6.07) is 8.21. The van der Waals surface area contributed by atoms with Gasteiger partial charge < -0.3 is 9.80 Å². The average molecular weight is 340 g/mol. The van der Waals surface area contributed by atoms with Crippen molar-refractivity contribution < 1.29 is 0 Å². The molecule has 1 aliphatic heterocycles. The number of hydrogen-bond acceptors (Lipinski definition) is 7. The van der Waals surface area contributed by atoms with Gasteiger partial charge >= 0.3 is 0 Å². The molecule has 0 saturated carbocycles. The van der Waals surface area contributed by atoms with E-state index in [2.05, 4.69) is 42.1 Å². The zero-order valence-electron chi connectivity index (χ0n) is 13.7. The van der Waals surface area contributed by atoms with Crippen LogP contribution in [0.25, 0.3) is 10.9 Å². The molecule has 0 unspecified atom stereocenters. The van der Waals surface area contributed by atoms with Crippen molar-refractivity contribution in [2.45, 2.75) is 19.8 Å². The molecule has 3 heterocycles. The minimum absolute atomic E-state index is 0.892. The fourth-order valence-corrected chi connectivity index (χ4v) is 3.88. The summed E-state index contributed by atoms with van der Waals surface area (Å²) in [5.74, 6) is 1.98. The summed E-state index contributed by atoms with van der Waals surface area (Å²) in [6.07, 6.45) is 3.64. The molecule has 0 radical (unpaired) electrons. The molecule has 0 aliphatic carbocycles. The van der Waals surface area contributed by atoms with Gasteiger partial charge in [0.15, 0.2) is 0 Å². The number of anilines is 2. The van der Waals surface area contributed by atoms with E-state index in [0.717, 1.165) is 66.7 Å². The number of hydrogen-bond donors (Lipinski definition) is 0. The molecule has 124 valence electrons. The predicted octanol–water partition coefficient (Wildman–Crippen LogP) is 2.76. The first-order valence-electron chi connectivity index (χ1n) is 8.37. The summed E-state index contributed by atoms with van der Waals surface area (Å²) in [5, 5.41) is 2.17. The van der Waals surface area contributed by atoms with Crippen LogP contribution in [0.15, 0.2) is 30.6 Å². The van der Waals surface area contributed by atoms with E-state index in [4.69, 9.17) is 0 Å². The third-order valence-corrected chi connectivity index (χ3v) is 5.18.